The van der Waals surface area contributed by atoms with Gasteiger partial charge in [-0.2, -0.15) is 0 Å². The minimum absolute atomic E-state index is 0.00860. The first-order valence-electron chi connectivity index (χ1n) is 8.25. The Morgan fingerprint density at radius 1 is 1.26 bits per heavy atom. The second kappa shape index (κ2) is 9.16. The van der Waals surface area contributed by atoms with Crippen molar-refractivity contribution in [2.45, 2.75) is 46.5 Å². The van der Waals surface area contributed by atoms with Crippen molar-refractivity contribution in [2.24, 2.45) is 0 Å². The van der Waals surface area contributed by atoms with Gasteiger partial charge in [0.05, 0.1) is 11.1 Å². The fourth-order valence-corrected chi connectivity index (χ4v) is 2.65. The number of urea groups is 1. The Balaban J connectivity index is 2.38. The third-order valence-corrected chi connectivity index (χ3v) is 4.32. The molecule has 0 saturated heterocycles. The predicted molar refractivity (Wildman–Crippen MR) is 99.3 cm³/mol. The van der Waals surface area contributed by atoms with E-state index in [1.807, 2.05) is 19.9 Å². The lowest BCUT2D eigenvalue weighted by Crippen LogP contribution is -2.40. The van der Waals surface area contributed by atoms with Crippen molar-refractivity contribution in [3.63, 3.8) is 0 Å². The summed E-state index contributed by atoms with van der Waals surface area (Å²) < 4.78 is 6.76. The van der Waals surface area contributed by atoms with E-state index in [1.54, 1.807) is 4.90 Å². The van der Waals surface area contributed by atoms with Crippen LogP contribution < -0.4 is 10.1 Å². The predicted octanol–water partition coefficient (Wildman–Crippen LogP) is 4.57. The van der Waals surface area contributed by atoms with Gasteiger partial charge in [0.2, 0.25) is 0 Å². The Labute approximate surface area is 148 Å². The molecule has 0 aliphatic heterocycles. The Hall–Kier alpha value is -1.23. The van der Waals surface area contributed by atoms with E-state index >= 15 is 0 Å². The monoisotopic (exact) mass is 384 g/mol. The van der Waals surface area contributed by atoms with Crippen molar-refractivity contribution in [1.29, 1.82) is 0 Å². The van der Waals surface area contributed by atoms with Crippen LogP contribution in [0.2, 0.25) is 0 Å². The minimum Gasteiger partial charge on any atom is -0.492 e. The number of halogens is 1. The number of amides is 2. The fraction of sp³-hybridized carbons (Fsp3) is 0.611. The maximum atomic E-state index is 11.8. The first-order valence-corrected chi connectivity index (χ1v) is 9.04. The van der Waals surface area contributed by atoms with Gasteiger partial charge in [0.1, 0.15) is 5.75 Å². The Bertz CT molecular complexity index is 508. The molecular weight excluding hydrogens is 356 g/mol. The van der Waals surface area contributed by atoms with E-state index < -0.39 is 0 Å². The molecule has 1 aromatic carbocycles. The van der Waals surface area contributed by atoms with Gasteiger partial charge in [-0.05, 0) is 59.3 Å². The molecule has 4 nitrogen and oxygen atoms in total. The Morgan fingerprint density at radius 3 is 2.43 bits per heavy atom. The van der Waals surface area contributed by atoms with Crippen LogP contribution in [0.15, 0.2) is 22.7 Å². The van der Waals surface area contributed by atoms with E-state index in [0.717, 1.165) is 29.7 Å². The molecule has 0 spiro atoms. The van der Waals surface area contributed by atoms with Crippen molar-refractivity contribution in [3.05, 3.63) is 28.2 Å². The molecular formula is C18H29BrN2O2. The average Bonchev–Trinajstić information content (AvgIpc) is 2.48. The highest BCUT2D eigenvalue weighted by molar-refractivity contribution is 9.10. The number of carbonyl (C=O) groups excluding carboxylic acids is 1. The molecule has 0 unspecified atom stereocenters. The highest BCUT2D eigenvalue weighted by atomic mass is 79.9. The summed E-state index contributed by atoms with van der Waals surface area (Å²) in [6.07, 6.45) is 0.778. The van der Waals surface area contributed by atoms with Crippen LogP contribution in [0.5, 0.6) is 5.75 Å². The van der Waals surface area contributed by atoms with Crippen molar-refractivity contribution in [3.8, 4) is 5.75 Å². The number of hydrogen-bond acceptors (Lipinski definition) is 2. The molecule has 1 aromatic rings. The van der Waals surface area contributed by atoms with Crippen LogP contribution in [0, 0.1) is 0 Å². The summed E-state index contributed by atoms with van der Waals surface area (Å²) in [4.78, 5) is 13.6. The molecule has 0 bridgehead atoms. The van der Waals surface area contributed by atoms with Gasteiger partial charge in [0.15, 0.2) is 0 Å². The summed E-state index contributed by atoms with van der Waals surface area (Å²) in [6, 6.07) is 6.20. The second-order valence-electron chi connectivity index (χ2n) is 6.50. The zero-order valence-electron chi connectivity index (χ0n) is 14.9. The summed E-state index contributed by atoms with van der Waals surface area (Å²) in [5, 5.41) is 2.91. The van der Waals surface area contributed by atoms with Crippen molar-refractivity contribution in [2.75, 3.05) is 26.2 Å². The molecule has 1 rings (SSSR count). The summed E-state index contributed by atoms with van der Waals surface area (Å²) in [5.74, 6) is 0.841. The zero-order valence-corrected chi connectivity index (χ0v) is 16.5. The number of benzene rings is 1. The second-order valence-corrected chi connectivity index (χ2v) is 7.36. The van der Waals surface area contributed by atoms with E-state index in [4.69, 9.17) is 4.74 Å². The molecule has 0 aromatic heterocycles. The largest absolute Gasteiger partial charge is 0.492 e. The molecule has 5 heteroatoms. The van der Waals surface area contributed by atoms with Crippen molar-refractivity contribution < 1.29 is 9.53 Å². The van der Waals surface area contributed by atoms with Gasteiger partial charge in [-0.1, -0.05) is 26.8 Å². The minimum atomic E-state index is -0.00860. The third-order valence-electron chi connectivity index (χ3n) is 3.70. The van der Waals surface area contributed by atoms with Crippen LogP contribution in [-0.2, 0) is 5.41 Å². The first kappa shape index (κ1) is 19.8. The average molecular weight is 385 g/mol. The highest BCUT2D eigenvalue weighted by Crippen LogP contribution is 2.31. The summed E-state index contributed by atoms with van der Waals surface area (Å²) in [5.41, 5.74) is 1.39. The Morgan fingerprint density at radius 2 is 1.91 bits per heavy atom. The van der Waals surface area contributed by atoms with E-state index in [1.165, 1.54) is 5.56 Å². The third kappa shape index (κ3) is 6.42. The van der Waals surface area contributed by atoms with Gasteiger partial charge < -0.3 is 15.0 Å². The van der Waals surface area contributed by atoms with E-state index in [2.05, 4.69) is 54.2 Å². The standard InChI is InChI=1S/C18H29BrN2O2/c1-6-21(7-2)17(22)20-11-8-12-23-16-10-9-14(13-15(16)19)18(3,4)5/h9-10,13H,6-8,11-12H2,1-5H3,(H,20,22). The van der Waals surface area contributed by atoms with Crippen LogP contribution in [0.4, 0.5) is 4.79 Å². The Kier molecular flexibility index (Phi) is 7.89. The smallest absolute Gasteiger partial charge is 0.317 e. The topological polar surface area (TPSA) is 41.6 Å². The number of carbonyl (C=O) groups is 1. The number of hydrogen-bond donors (Lipinski definition) is 1. The normalized spacial score (nSPS) is 11.2. The molecule has 0 aliphatic rings. The summed E-state index contributed by atoms with van der Waals surface area (Å²) in [6.45, 7) is 13.2. The lowest BCUT2D eigenvalue weighted by Gasteiger charge is -2.20. The number of nitrogens with zero attached hydrogens (tertiary/aromatic N) is 1. The molecule has 2 amide bonds. The first-order chi connectivity index (χ1) is 10.8. The molecule has 0 fully saturated rings. The maximum Gasteiger partial charge on any atom is 0.317 e. The van der Waals surface area contributed by atoms with Gasteiger partial charge in [-0.3, -0.25) is 0 Å². The van der Waals surface area contributed by atoms with E-state index in [-0.39, 0.29) is 11.4 Å². The molecule has 1 N–H and O–H groups in total. The highest BCUT2D eigenvalue weighted by Gasteiger charge is 2.15. The number of rotatable bonds is 7. The van der Waals surface area contributed by atoms with Crippen LogP contribution in [0.25, 0.3) is 0 Å². The van der Waals surface area contributed by atoms with Gasteiger partial charge >= 0.3 is 6.03 Å². The van der Waals surface area contributed by atoms with E-state index in [9.17, 15) is 4.79 Å². The fourth-order valence-electron chi connectivity index (χ4n) is 2.16. The number of ether oxygens (including phenoxy) is 1. The van der Waals surface area contributed by atoms with Crippen LogP contribution >= 0.6 is 15.9 Å². The number of nitrogens with one attached hydrogen (secondary N) is 1. The SMILES string of the molecule is CCN(CC)C(=O)NCCCOc1ccc(C(C)(C)C)cc1Br. The van der Waals surface area contributed by atoms with Crippen LogP contribution in [-0.4, -0.2) is 37.2 Å². The molecule has 0 atom stereocenters. The molecule has 0 heterocycles. The van der Waals surface area contributed by atoms with Gasteiger partial charge in [0, 0.05) is 19.6 Å². The zero-order chi connectivity index (χ0) is 17.5. The van der Waals surface area contributed by atoms with Gasteiger partial charge in [-0.15, -0.1) is 0 Å². The molecule has 0 aliphatic carbocycles. The summed E-state index contributed by atoms with van der Waals surface area (Å²) >= 11 is 3.57. The van der Waals surface area contributed by atoms with Crippen LogP contribution in [0.3, 0.4) is 0 Å². The molecule has 0 radical (unpaired) electrons. The van der Waals surface area contributed by atoms with E-state index in [0.29, 0.717) is 13.2 Å². The molecule has 130 valence electrons. The van der Waals surface area contributed by atoms with Gasteiger partial charge in [0.25, 0.3) is 0 Å². The van der Waals surface area contributed by atoms with Crippen molar-refractivity contribution >= 4 is 22.0 Å². The molecule has 23 heavy (non-hydrogen) atoms. The summed E-state index contributed by atoms with van der Waals surface area (Å²) in [7, 11) is 0. The van der Waals surface area contributed by atoms with Crippen LogP contribution in [0.1, 0.15) is 46.6 Å². The van der Waals surface area contributed by atoms with Gasteiger partial charge in [-0.25, -0.2) is 4.79 Å². The molecule has 0 saturated carbocycles. The lowest BCUT2D eigenvalue weighted by atomic mass is 9.87. The maximum absolute atomic E-state index is 11.8. The quantitative estimate of drug-likeness (QED) is 0.699. The van der Waals surface area contributed by atoms with Crippen molar-refractivity contribution in [1.82, 2.24) is 10.2 Å². The lowest BCUT2D eigenvalue weighted by molar-refractivity contribution is 0.202.